The van der Waals surface area contributed by atoms with Crippen molar-refractivity contribution in [2.75, 3.05) is 13.1 Å². The van der Waals surface area contributed by atoms with Crippen molar-refractivity contribution in [2.24, 2.45) is 11.7 Å². The molecule has 0 radical (unpaired) electrons. The van der Waals surface area contributed by atoms with Gasteiger partial charge >= 0.3 is 0 Å². The van der Waals surface area contributed by atoms with E-state index < -0.39 is 0 Å². The molecular weight excluding hydrogens is 280 g/mol. The fraction of sp³-hybridized carbons (Fsp3) is 0.667. The Morgan fingerprint density at radius 3 is 2.57 bits per heavy atom. The number of rotatable bonds is 5. The molecule has 1 aromatic rings. The highest BCUT2D eigenvalue weighted by Crippen LogP contribution is 2.30. The Kier molecular flexibility index (Phi) is 6.53. The van der Waals surface area contributed by atoms with E-state index >= 15 is 0 Å². The van der Waals surface area contributed by atoms with Crippen LogP contribution in [0.4, 0.5) is 0 Å². The highest BCUT2D eigenvalue weighted by atomic mass is 35.5. The van der Waals surface area contributed by atoms with Gasteiger partial charge in [0.15, 0.2) is 0 Å². The predicted octanol–water partition coefficient (Wildman–Crippen LogP) is 4.63. The lowest BCUT2D eigenvalue weighted by Gasteiger charge is -2.34. The fourth-order valence-electron chi connectivity index (χ4n) is 3.67. The maximum absolute atomic E-state index is 6.31. The lowest BCUT2D eigenvalue weighted by molar-refractivity contribution is 0.180. The molecule has 1 aliphatic rings. The van der Waals surface area contributed by atoms with Gasteiger partial charge in [-0.25, -0.2) is 0 Å². The van der Waals surface area contributed by atoms with E-state index in [2.05, 4.69) is 30.9 Å². The largest absolute Gasteiger partial charge is 0.326 e. The van der Waals surface area contributed by atoms with Gasteiger partial charge in [-0.3, -0.25) is 4.90 Å². The molecule has 2 nitrogen and oxygen atoms in total. The topological polar surface area (TPSA) is 29.3 Å². The zero-order valence-corrected chi connectivity index (χ0v) is 14.1. The summed E-state index contributed by atoms with van der Waals surface area (Å²) in [4.78, 5) is 2.59. The molecule has 1 aromatic carbocycles. The lowest BCUT2D eigenvalue weighted by Crippen LogP contribution is -2.40. The summed E-state index contributed by atoms with van der Waals surface area (Å²) in [5.41, 5.74) is 7.60. The van der Waals surface area contributed by atoms with Crippen LogP contribution in [0.2, 0.25) is 5.02 Å². The summed E-state index contributed by atoms with van der Waals surface area (Å²) in [6, 6.07) is 8.65. The monoisotopic (exact) mass is 308 g/mol. The van der Waals surface area contributed by atoms with E-state index in [0.29, 0.717) is 6.04 Å². The summed E-state index contributed by atoms with van der Waals surface area (Å²) in [6.07, 6.45) is 6.65. The van der Waals surface area contributed by atoms with Gasteiger partial charge in [-0.15, -0.1) is 0 Å². The fourth-order valence-corrected chi connectivity index (χ4v) is 3.80. The van der Waals surface area contributed by atoms with Gasteiger partial charge in [-0.05, 0) is 62.9 Å². The van der Waals surface area contributed by atoms with Crippen LogP contribution in [0.1, 0.15) is 57.6 Å². The van der Waals surface area contributed by atoms with Gasteiger partial charge in [0.25, 0.3) is 0 Å². The van der Waals surface area contributed by atoms with Crippen LogP contribution in [0.3, 0.4) is 0 Å². The Hall–Kier alpha value is -0.570. The third kappa shape index (κ3) is 4.70. The molecule has 1 heterocycles. The number of nitrogens with two attached hydrogens (primary N) is 1. The third-order valence-electron chi connectivity index (χ3n) is 4.68. The number of halogens is 1. The van der Waals surface area contributed by atoms with Crippen LogP contribution in [0, 0.1) is 5.92 Å². The smallest absolute Gasteiger partial charge is 0.0496 e. The third-order valence-corrected chi connectivity index (χ3v) is 4.93. The minimum Gasteiger partial charge on any atom is -0.326 e. The van der Waals surface area contributed by atoms with Crippen molar-refractivity contribution in [1.29, 1.82) is 0 Å². The van der Waals surface area contributed by atoms with E-state index in [1.54, 1.807) is 0 Å². The van der Waals surface area contributed by atoms with Gasteiger partial charge in [0, 0.05) is 17.1 Å². The molecule has 0 spiro atoms. The quantitative estimate of drug-likeness (QED) is 0.859. The van der Waals surface area contributed by atoms with E-state index in [9.17, 15) is 0 Å². The molecule has 1 saturated heterocycles. The van der Waals surface area contributed by atoms with Crippen molar-refractivity contribution in [2.45, 2.75) is 58.0 Å². The normalized spacial score (nSPS) is 23.5. The molecule has 21 heavy (non-hydrogen) atoms. The van der Waals surface area contributed by atoms with E-state index in [1.807, 2.05) is 12.1 Å². The minimum atomic E-state index is 0.133. The van der Waals surface area contributed by atoms with Gasteiger partial charge in [0.05, 0.1) is 0 Å². The van der Waals surface area contributed by atoms with Crippen LogP contribution >= 0.6 is 11.6 Å². The van der Waals surface area contributed by atoms with Crippen LogP contribution in [-0.4, -0.2) is 24.0 Å². The van der Waals surface area contributed by atoms with Gasteiger partial charge in [0.2, 0.25) is 0 Å². The number of nitrogens with zero attached hydrogens (tertiary/aromatic N) is 1. The van der Waals surface area contributed by atoms with E-state index in [1.165, 1.54) is 44.2 Å². The maximum atomic E-state index is 6.31. The standard InChI is InChI=1S/C18H29ClN2/c1-3-5-15-6-4-12-21(13-11-15)18(14(2)20)16-7-9-17(19)10-8-16/h7-10,14-15,18H,3-6,11-13,20H2,1-2H3. The van der Waals surface area contributed by atoms with Gasteiger partial charge in [-0.1, -0.05) is 43.5 Å². The number of hydrogen-bond donors (Lipinski definition) is 1. The van der Waals surface area contributed by atoms with Crippen LogP contribution < -0.4 is 5.73 Å². The highest BCUT2D eigenvalue weighted by molar-refractivity contribution is 6.30. The summed E-state index contributed by atoms with van der Waals surface area (Å²) in [7, 11) is 0. The van der Waals surface area contributed by atoms with Crippen molar-refractivity contribution in [1.82, 2.24) is 4.90 Å². The summed E-state index contributed by atoms with van der Waals surface area (Å²) < 4.78 is 0. The molecule has 0 saturated carbocycles. The van der Waals surface area contributed by atoms with Crippen molar-refractivity contribution in [3.8, 4) is 0 Å². The average Bonchev–Trinajstić information content (AvgIpc) is 2.67. The first-order chi connectivity index (χ1) is 10.1. The molecule has 1 aliphatic heterocycles. The molecule has 0 aliphatic carbocycles. The first kappa shape index (κ1) is 16.8. The van der Waals surface area contributed by atoms with Crippen molar-refractivity contribution in [3.63, 3.8) is 0 Å². The van der Waals surface area contributed by atoms with Crippen LogP contribution in [0.25, 0.3) is 0 Å². The zero-order chi connectivity index (χ0) is 15.2. The second-order valence-electron chi connectivity index (χ2n) is 6.48. The Bertz CT molecular complexity index is 416. The SMILES string of the molecule is CCCC1CCCN(C(c2ccc(Cl)cc2)C(C)N)CC1. The zero-order valence-electron chi connectivity index (χ0n) is 13.4. The Balaban J connectivity index is 2.09. The molecule has 0 amide bonds. The molecule has 2 rings (SSSR count). The molecular formula is C18H29ClN2. The van der Waals surface area contributed by atoms with Crippen LogP contribution in [0.5, 0.6) is 0 Å². The summed E-state index contributed by atoms with van der Waals surface area (Å²) in [5, 5.41) is 0.793. The molecule has 0 aromatic heterocycles. The van der Waals surface area contributed by atoms with Crippen molar-refractivity contribution < 1.29 is 0 Å². The van der Waals surface area contributed by atoms with Gasteiger partial charge in [0.1, 0.15) is 0 Å². The summed E-state index contributed by atoms with van der Waals surface area (Å²) in [6.45, 7) is 6.74. The molecule has 1 fully saturated rings. The Morgan fingerprint density at radius 1 is 1.24 bits per heavy atom. The number of hydrogen-bond acceptors (Lipinski definition) is 2. The number of benzene rings is 1. The van der Waals surface area contributed by atoms with E-state index in [0.717, 1.165) is 17.5 Å². The van der Waals surface area contributed by atoms with Gasteiger partial charge < -0.3 is 5.73 Å². The Labute approximate surface area is 134 Å². The molecule has 2 N–H and O–H groups in total. The number of likely N-dealkylation sites (tertiary alicyclic amines) is 1. The van der Waals surface area contributed by atoms with Crippen LogP contribution in [0.15, 0.2) is 24.3 Å². The van der Waals surface area contributed by atoms with Crippen LogP contribution in [-0.2, 0) is 0 Å². The van der Waals surface area contributed by atoms with Crippen molar-refractivity contribution >= 4 is 11.6 Å². The average molecular weight is 309 g/mol. The second-order valence-corrected chi connectivity index (χ2v) is 6.91. The molecule has 3 atom stereocenters. The molecule has 3 unspecified atom stereocenters. The molecule has 0 bridgehead atoms. The maximum Gasteiger partial charge on any atom is 0.0496 e. The molecule has 3 heteroatoms. The summed E-state index contributed by atoms with van der Waals surface area (Å²) in [5.74, 6) is 0.902. The minimum absolute atomic E-state index is 0.133. The lowest BCUT2D eigenvalue weighted by atomic mass is 9.95. The van der Waals surface area contributed by atoms with Gasteiger partial charge in [-0.2, -0.15) is 0 Å². The first-order valence-corrected chi connectivity index (χ1v) is 8.74. The highest BCUT2D eigenvalue weighted by Gasteiger charge is 2.26. The van der Waals surface area contributed by atoms with E-state index in [-0.39, 0.29) is 6.04 Å². The summed E-state index contributed by atoms with van der Waals surface area (Å²) >= 11 is 6.02. The second kappa shape index (κ2) is 8.17. The predicted molar refractivity (Wildman–Crippen MR) is 91.7 cm³/mol. The first-order valence-electron chi connectivity index (χ1n) is 8.37. The van der Waals surface area contributed by atoms with E-state index in [4.69, 9.17) is 17.3 Å². The molecule has 118 valence electrons. The van der Waals surface area contributed by atoms with Crippen molar-refractivity contribution in [3.05, 3.63) is 34.9 Å². The Morgan fingerprint density at radius 2 is 1.95 bits per heavy atom.